The van der Waals surface area contributed by atoms with Crippen LogP contribution < -0.4 is 11.5 Å². The van der Waals surface area contributed by atoms with Crippen molar-refractivity contribution in [2.24, 2.45) is 21.5 Å². The standard InChI is InChI=1S/C13H18FN7/c1-21(2)13(16)20-12(15)17-6-5-8-7-18-11-9(8)3-4-10(14)19-11/h3-4,7H,5-6H2,1-2H3,(H,18,19)(H4,15,16,17,20). The molecule has 2 rings (SSSR count). The third kappa shape index (κ3) is 3.68. The number of fused-ring (bicyclic) bond motifs is 1. The van der Waals surface area contributed by atoms with Gasteiger partial charge in [-0.1, -0.05) is 0 Å². The second-order valence-electron chi connectivity index (χ2n) is 4.70. The zero-order valence-electron chi connectivity index (χ0n) is 12.0. The highest BCUT2D eigenvalue weighted by Gasteiger charge is 2.05. The van der Waals surface area contributed by atoms with Gasteiger partial charge in [0.1, 0.15) is 5.65 Å². The molecule has 7 nitrogen and oxygen atoms in total. The number of H-pyrrole nitrogens is 1. The van der Waals surface area contributed by atoms with Crippen molar-refractivity contribution in [2.75, 3.05) is 20.6 Å². The van der Waals surface area contributed by atoms with Crippen molar-refractivity contribution in [3.63, 3.8) is 0 Å². The van der Waals surface area contributed by atoms with Gasteiger partial charge in [0, 0.05) is 32.2 Å². The van der Waals surface area contributed by atoms with E-state index in [9.17, 15) is 4.39 Å². The molecule has 2 aromatic heterocycles. The number of nitrogens with two attached hydrogens (primary N) is 2. The zero-order chi connectivity index (χ0) is 15.4. The molecule has 0 saturated carbocycles. The van der Waals surface area contributed by atoms with Crippen LogP contribution >= 0.6 is 0 Å². The lowest BCUT2D eigenvalue weighted by molar-refractivity contribution is 0.588. The minimum absolute atomic E-state index is 0.130. The minimum Gasteiger partial charge on any atom is -0.369 e. The van der Waals surface area contributed by atoms with Crippen molar-refractivity contribution in [1.82, 2.24) is 14.9 Å². The molecule has 0 bridgehead atoms. The van der Waals surface area contributed by atoms with Crippen LogP contribution in [-0.2, 0) is 6.42 Å². The first-order chi connectivity index (χ1) is 9.97. The highest BCUT2D eigenvalue weighted by atomic mass is 19.1. The Hall–Kier alpha value is -2.64. The van der Waals surface area contributed by atoms with Gasteiger partial charge in [-0.3, -0.25) is 4.99 Å². The molecule has 0 aromatic carbocycles. The normalized spacial score (nSPS) is 12.9. The summed E-state index contributed by atoms with van der Waals surface area (Å²) in [6, 6.07) is 3.03. The molecule has 112 valence electrons. The fourth-order valence-corrected chi connectivity index (χ4v) is 1.79. The van der Waals surface area contributed by atoms with E-state index in [0.717, 1.165) is 10.9 Å². The Balaban J connectivity index is 2.04. The van der Waals surface area contributed by atoms with Gasteiger partial charge in [0.05, 0.1) is 0 Å². The van der Waals surface area contributed by atoms with E-state index < -0.39 is 5.95 Å². The molecule has 2 aromatic rings. The van der Waals surface area contributed by atoms with E-state index >= 15 is 0 Å². The molecular weight excluding hydrogens is 273 g/mol. The van der Waals surface area contributed by atoms with Crippen LogP contribution in [0.2, 0.25) is 0 Å². The smallest absolute Gasteiger partial charge is 0.218 e. The number of nitrogens with zero attached hydrogens (tertiary/aromatic N) is 4. The Kier molecular flexibility index (Phi) is 4.36. The first-order valence-electron chi connectivity index (χ1n) is 6.41. The van der Waals surface area contributed by atoms with Crippen molar-refractivity contribution >= 4 is 23.0 Å². The van der Waals surface area contributed by atoms with E-state index in [1.165, 1.54) is 6.07 Å². The summed E-state index contributed by atoms with van der Waals surface area (Å²) < 4.78 is 13.0. The predicted molar refractivity (Wildman–Crippen MR) is 81.6 cm³/mol. The SMILES string of the molecule is CN(C)C(N)=NC(N)=NCCc1c[nH]c2nc(F)ccc12. The Morgan fingerprint density at radius 1 is 1.38 bits per heavy atom. The lowest BCUT2D eigenvalue weighted by atomic mass is 10.1. The molecule has 21 heavy (non-hydrogen) atoms. The largest absolute Gasteiger partial charge is 0.369 e. The van der Waals surface area contributed by atoms with Crippen LogP contribution in [0.5, 0.6) is 0 Å². The topological polar surface area (TPSA) is 109 Å². The van der Waals surface area contributed by atoms with Gasteiger partial charge >= 0.3 is 0 Å². The van der Waals surface area contributed by atoms with Gasteiger partial charge in [0.25, 0.3) is 0 Å². The van der Waals surface area contributed by atoms with E-state index in [1.54, 1.807) is 31.3 Å². The number of aromatic amines is 1. The number of pyridine rings is 1. The Morgan fingerprint density at radius 2 is 2.14 bits per heavy atom. The molecule has 0 fully saturated rings. The number of halogens is 1. The maximum Gasteiger partial charge on any atom is 0.218 e. The van der Waals surface area contributed by atoms with Crippen molar-refractivity contribution < 1.29 is 4.39 Å². The molecule has 0 aliphatic rings. The number of guanidine groups is 2. The second kappa shape index (κ2) is 6.21. The van der Waals surface area contributed by atoms with Crippen LogP contribution in [0.1, 0.15) is 5.56 Å². The predicted octanol–water partition coefficient (Wildman–Crippen LogP) is 0.436. The van der Waals surface area contributed by atoms with Crippen LogP contribution in [0, 0.1) is 5.95 Å². The van der Waals surface area contributed by atoms with Crippen molar-refractivity contribution in [1.29, 1.82) is 0 Å². The Bertz CT molecular complexity index is 687. The lowest BCUT2D eigenvalue weighted by Crippen LogP contribution is -2.32. The fourth-order valence-electron chi connectivity index (χ4n) is 1.79. The van der Waals surface area contributed by atoms with Gasteiger partial charge in [0.2, 0.25) is 11.9 Å². The van der Waals surface area contributed by atoms with Crippen LogP contribution in [0.3, 0.4) is 0 Å². The average Bonchev–Trinajstić information content (AvgIpc) is 2.81. The van der Waals surface area contributed by atoms with Crippen molar-refractivity contribution in [3.8, 4) is 0 Å². The molecular formula is C13H18FN7. The summed E-state index contributed by atoms with van der Waals surface area (Å²) in [4.78, 5) is 16.4. The highest BCUT2D eigenvalue weighted by Crippen LogP contribution is 2.17. The van der Waals surface area contributed by atoms with Crippen molar-refractivity contribution in [3.05, 3.63) is 29.8 Å². The molecule has 0 aliphatic heterocycles. The molecule has 0 spiro atoms. The molecule has 8 heteroatoms. The summed E-state index contributed by atoms with van der Waals surface area (Å²) in [6.45, 7) is 0.459. The fraction of sp³-hybridized carbons (Fsp3) is 0.308. The summed E-state index contributed by atoms with van der Waals surface area (Å²) in [5, 5.41) is 0.876. The first kappa shape index (κ1) is 14.8. The Morgan fingerprint density at radius 3 is 2.86 bits per heavy atom. The van der Waals surface area contributed by atoms with Gasteiger partial charge in [0.15, 0.2) is 5.96 Å². The summed E-state index contributed by atoms with van der Waals surface area (Å²) in [7, 11) is 3.54. The van der Waals surface area contributed by atoms with Gasteiger partial charge < -0.3 is 21.4 Å². The summed E-state index contributed by atoms with van der Waals surface area (Å²) in [5.41, 5.74) is 12.8. The molecule has 5 N–H and O–H groups in total. The lowest BCUT2D eigenvalue weighted by Gasteiger charge is -2.09. The molecule has 0 aliphatic carbocycles. The number of hydrogen-bond acceptors (Lipinski definition) is 2. The van der Waals surface area contributed by atoms with E-state index in [-0.39, 0.29) is 5.96 Å². The Labute approximate surface area is 121 Å². The van der Waals surface area contributed by atoms with Crippen LogP contribution in [0.25, 0.3) is 11.0 Å². The first-order valence-corrected chi connectivity index (χ1v) is 6.41. The van der Waals surface area contributed by atoms with Gasteiger partial charge in [-0.15, -0.1) is 0 Å². The van der Waals surface area contributed by atoms with Crippen LogP contribution in [0.4, 0.5) is 4.39 Å². The van der Waals surface area contributed by atoms with E-state index in [1.807, 2.05) is 0 Å². The second-order valence-corrected chi connectivity index (χ2v) is 4.70. The summed E-state index contributed by atoms with van der Waals surface area (Å²) >= 11 is 0. The number of nitrogens with one attached hydrogen (secondary N) is 1. The van der Waals surface area contributed by atoms with E-state index in [0.29, 0.717) is 24.6 Å². The average molecular weight is 291 g/mol. The zero-order valence-corrected chi connectivity index (χ0v) is 12.0. The third-order valence-corrected chi connectivity index (χ3v) is 2.93. The molecule has 0 saturated heterocycles. The van der Waals surface area contributed by atoms with Gasteiger partial charge in [-0.2, -0.15) is 9.38 Å². The maximum atomic E-state index is 13.0. The maximum absolute atomic E-state index is 13.0. The molecule has 0 radical (unpaired) electrons. The number of rotatable bonds is 3. The molecule has 0 atom stereocenters. The summed E-state index contributed by atoms with van der Waals surface area (Å²) in [6.07, 6.45) is 2.44. The van der Waals surface area contributed by atoms with Gasteiger partial charge in [-0.25, -0.2) is 4.98 Å². The van der Waals surface area contributed by atoms with E-state index in [4.69, 9.17) is 11.5 Å². The number of aliphatic imine (C=N–C) groups is 2. The molecule has 0 amide bonds. The highest BCUT2D eigenvalue weighted by molar-refractivity contribution is 5.93. The number of hydrogen-bond donors (Lipinski definition) is 3. The minimum atomic E-state index is -0.508. The van der Waals surface area contributed by atoms with Crippen LogP contribution in [-0.4, -0.2) is 47.4 Å². The van der Waals surface area contributed by atoms with Crippen LogP contribution in [0.15, 0.2) is 28.3 Å². The number of aromatic nitrogens is 2. The molecule has 0 unspecified atom stereocenters. The third-order valence-electron chi connectivity index (χ3n) is 2.93. The summed E-state index contributed by atoms with van der Waals surface area (Å²) in [5.74, 6) is -0.0834. The van der Waals surface area contributed by atoms with Crippen molar-refractivity contribution in [2.45, 2.75) is 6.42 Å². The molecule has 2 heterocycles. The van der Waals surface area contributed by atoms with E-state index in [2.05, 4.69) is 20.0 Å². The quantitative estimate of drug-likeness (QED) is 0.433. The van der Waals surface area contributed by atoms with Gasteiger partial charge in [-0.05, 0) is 24.1 Å². The monoisotopic (exact) mass is 291 g/mol.